The normalized spacial score (nSPS) is 14.6. The summed E-state index contributed by atoms with van der Waals surface area (Å²) in [7, 11) is 0. The van der Waals surface area contributed by atoms with E-state index < -0.39 is 5.91 Å². The van der Waals surface area contributed by atoms with E-state index in [0.29, 0.717) is 22.1 Å². The smallest absolute Gasteiger partial charge is 0.258 e. The van der Waals surface area contributed by atoms with Gasteiger partial charge in [-0.1, -0.05) is 17.7 Å². The predicted molar refractivity (Wildman–Crippen MR) is 104 cm³/mol. The van der Waals surface area contributed by atoms with Crippen molar-refractivity contribution in [3.8, 4) is 0 Å². The van der Waals surface area contributed by atoms with Gasteiger partial charge in [0.1, 0.15) is 5.82 Å². The Kier molecular flexibility index (Phi) is 6.39. The fraction of sp³-hybridized carbons (Fsp3) is 0.316. The van der Waals surface area contributed by atoms with Crippen LogP contribution in [-0.2, 0) is 11.4 Å². The Morgan fingerprint density at radius 3 is 2.63 bits per heavy atom. The lowest BCUT2D eigenvalue weighted by atomic mass is 9.97. The molecule has 0 spiro atoms. The van der Waals surface area contributed by atoms with Crippen LogP contribution in [-0.4, -0.2) is 35.0 Å². The molecule has 4 N–H and O–H groups in total. The third-order valence-electron chi connectivity index (χ3n) is 4.45. The van der Waals surface area contributed by atoms with E-state index >= 15 is 0 Å². The lowest BCUT2D eigenvalue weighted by molar-refractivity contribution is -0.120. The summed E-state index contributed by atoms with van der Waals surface area (Å²) in [6, 6.07) is 8.07. The number of halogens is 1. The molecule has 27 heavy (non-hydrogen) atoms. The highest BCUT2D eigenvalue weighted by Gasteiger charge is 2.23. The standard InChI is InChI=1S/C19H21ClN4O3/c20-14-2-4-17(22-10-14)24-19(27)15-9-12(11-25)1-3-16(15)23-18(26)13-5-7-21-8-6-13/h1-4,9-10,13,21,25H,5-8,11H2,(H,23,26)(H,22,24,27). The molecule has 0 radical (unpaired) electrons. The fourth-order valence-corrected chi connectivity index (χ4v) is 3.05. The topological polar surface area (TPSA) is 103 Å². The Labute approximate surface area is 162 Å². The van der Waals surface area contributed by atoms with Gasteiger partial charge in [0.2, 0.25) is 5.91 Å². The van der Waals surface area contributed by atoms with Crippen molar-refractivity contribution in [3.63, 3.8) is 0 Å². The number of carbonyl (C=O) groups is 2. The van der Waals surface area contributed by atoms with Crippen LogP contribution in [0.1, 0.15) is 28.8 Å². The van der Waals surface area contributed by atoms with Crippen molar-refractivity contribution >= 4 is 34.9 Å². The van der Waals surface area contributed by atoms with E-state index in [9.17, 15) is 14.7 Å². The fourth-order valence-electron chi connectivity index (χ4n) is 2.94. The van der Waals surface area contributed by atoms with Gasteiger partial charge in [-0.25, -0.2) is 4.98 Å². The molecule has 0 bridgehead atoms. The van der Waals surface area contributed by atoms with Gasteiger partial charge in [-0.3, -0.25) is 9.59 Å². The highest BCUT2D eigenvalue weighted by Crippen LogP contribution is 2.22. The van der Waals surface area contributed by atoms with Crippen molar-refractivity contribution < 1.29 is 14.7 Å². The number of nitrogens with one attached hydrogen (secondary N) is 3. The molecule has 0 saturated carbocycles. The number of hydrogen-bond acceptors (Lipinski definition) is 5. The minimum Gasteiger partial charge on any atom is -0.392 e. The number of nitrogens with zero attached hydrogens (tertiary/aromatic N) is 1. The molecular formula is C19H21ClN4O3. The van der Waals surface area contributed by atoms with Crippen molar-refractivity contribution in [2.45, 2.75) is 19.4 Å². The van der Waals surface area contributed by atoms with E-state index in [-0.39, 0.29) is 24.0 Å². The minimum atomic E-state index is -0.430. The largest absolute Gasteiger partial charge is 0.392 e. The summed E-state index contributed by atoms with van der Waals surface area (Å²) in [5, 5.41) is 18.6. The molecule has 0 atom stereocenters. The van der Waals surface area contributed by atoms with Crippen molar-refractivity contribution in [2.24, 2.45) is 5.92 Å². The number of rotatable bonds is 5. The molecule has 0 aliphatic carbocycles. The van der Waals surface area contributed by atoms with E-state index in [4.69, 9.17) is 11.6 Å². The number of carbonyl (C=O) groups excluding carboxylic acids is 2. The highest BCUT2D eigenvalue weighted by atomic mass is 35.5. The summed E-state index contributed by atoms with van der Waals surface area (Å²) < 4.78 is 0. The first kappa shape index (κ1) is 19.3. The zero-order chi connectivity index (χ0) is 19.2. The van der Waals surface area contributed by atoms with Crippen LogP contribution in [0.25, 0.3) is 0 Å². The zero-order valence-electron chi connectivity index (χ0n) is 14.7. The van der Waals surface area contributed by atoms with Gasteiger partial charge >= 0.3 is 0 Å². The Morgan fingerprint density at radius 2 is 1.96 bits per heavy atom. The van der Waals surface area contributed by atoms with Gasteiger partial charge in [-0.2, -0.15) is 0 Å². The zero-order valence-corrected chi connectivity index (χ0v) is 15.4. The van der Waals surface area contributed by atoms with Crippen LogP contribution in [0.2, 0.25) is 5.02 Å². The maximum Gasteiger partial charge on any atom is 0.258 e. The van der Waals surface area contributed by atoms with Gasteiger partial charge in [0.05, 0.1) is 22.9 Å². The maximum absolute atomic E-state index is 12.7. The lowest BCUT2D eigenvalue weighted by Crippen LogP contribution is -2.35. The third-order valence-corrected chi connectivity index (χ3v) is 4.67. The predicted octanol–water partition coefficient (Wildman–Crippen LogP) is 2.42. The Bertz CT molecular complexity index is 820. The van der Waals surface area contributed by atoms with Crippen molar-refractivity contribution in [2.75, 3.05) is 23.7 Å². The molecule has 142 valence electrons. The third kappa shape index (κ3) is 5.03. The summed E-state index contributed by atoms with van der Waals surface area (Å²) in [5.74, 6) is -0.278. The first-order chi connectivity index (χ1) is 13.1. The number of aromatic nitrogens is 1. The molecule has 2 amide bonds. The molecule has 2 heterocycles. The summed E-state index contributed by atoms with van der Waals surface area (Å²) in [6.07, 6.45) is 2.95. The minimum absolute atomic E-state index is 0.0855. The summed E-state index contributed by atoms with van der Waals surface area (Å²) in [6.45, 7) is 1.40. The van der Waals surface area contributed by atoms with Crippen molar-refractivity contribution in [3.05, 3.63) is 52.7 Å². The monoisotopic (exact) mass is 388 g/mol. The Hall–Kier alpha value is -2.48. The van der Waals surface area contributed by atoms with E-state index in [2.05, 4.69) is 20.9 Å². The second-order valence-corrected chi connectivity index (χ2v) is 6.80. The molecule has 3 rings (SSSR count). The molecule has 1 aliphatic heterocycles. The Morgan fingerprint density at radius 1 is 1.19 bits per heavy atom. The quantitative estimate of drug-likeness (QED) is 0.629. The lowest BCUT2D eigenvalue weighted by Gasteiger charge is -2.22. The molecule has 1 saturated heterocycles. The number of piperidine rings is 1. The maximum atomic E-state index is 12.7. The van der Waals surface area contributed by atoms with Crippen LogP contribution < -0.4 is 16.0 Å². The molecule has 7 nitrogen and oxygen atoms in total. The van der Waals surface area contributed by atoms with Gasteiger partial charge in [0.15, 0.2) is 0 Å². The van der Waals surface area contributed by atoms with E-state index in [1.807, 2.05) is 0 Å². The van der Waals surface area contributed by atoms with Crippen molar-refractivity contribution in [1.29, 1.82) is 0 Å². The number of pyridine rings is 1. The van der Waals surface area contributed by atoms with Crippen LogP contribution in [0.15, 0.2) is 36.5 Å². The molecule has 1 fully saturated rings. The molecule has 8 heteroatoms. The summed E-state index contributed by atoms with van der Waals surface area (Å²) in [5.41, 5.74) is 1.24. The van der Waals surface area contributed by atoms with Gasteiger partial charge in [0.25, 0.3) is 5.91 Å². The number of aliphatic hydroxyl groups is 1. The van der Waals surface area contributed by atoms with Crippen LogP contribution in [0.5, 0.6) is 0 Å². The number of hydrogen-bond donors (Lipinski definition) is 4. The average molecular weight is 389 g/mol. The van der Waals surface area contributed by atoms with E-state index in [1.54, 1.807) is 30.3 Å². The second kappa shape index (κ2) is 8.94. The summed E-state index contributed by atoms with van der Waals surface area (Å²) in [4.78, 5) is 29.3. The van der Waals surface area contributed by atoms with Crippen LogP contribution in [0.3, 0.4) is 0 Å². The van der Waals surface area contributed by atoms with Crippen LogP contribution in [0, 0.1) is 5.92 Å². The molecule has 1 aromatic carbocycles. The van der Waals surface area contributed by atoms with Crippen LogP contribution >= 0.6 is 11.6 Å². The summed E-state index contributed by atoms with van der Waals surface area (Å²) >= 11 is 5.81. The molecule has 1 aliphatic rings. The van der Waals surface area contributed by atoms with Crippen molar-refractivity contribution in [1.82, 2.24) is 10.3 Å². The first-order valence-corrected chi connectivity index (χ1v) is 9.13. The SMILES string of the molecule is O=C(Nc1ccc(Cl)cn1)c1cc(CO)ccc1NC(=O)C1CCNCC1. The Balaban J connectivity index is 1.80. The molecule has 0 unspecified atom stereocenters. The number of aliphatic hydroxyl groups excluding tert-OH is 1. The van der Waals surface area contributed by atoms with Crippen LogP contribution in [0.4, 0.5) is 11.5 Å². The second-order valence-electron chi connectivity index (χ2n) is 6.37. The van der Waals surface area contributed by atoms with Gasteiger partial charge in [-0.05, 0) is 55.8 Å². The number of anilines is 2. The number of amides is 2. The molecule has 1 aromatic heterocycles. The van der Waals surface area contributed by atoms with Gasteiger partial charge in [0, 0.05) is 12.1 Å². The molecular weight excluding hydrogens is 368 g/mol. The van der Waals surface area contributed by atoms with E-state index in [1.165, 1.54) is 6.20 Å². The number of benzene rings is 1. The highest BCUT2D eigenvalue weighted by molar-refractivity contribution is 6.30. The average Bonchev–Trinajstić information content (AvgIpc) is 2.70. The van der Waals surface area contributed by atoms with Gasteiger partial charge < -0.3 is 21.1 Å². The van der Waals surface area contributed by atoms with E-state index in [0.717, 1.165) is 25.9 Å². The van der Waals surface area contributed by atoms with Gasteiger partial charge in [-0.15, -0.1) is 0 Å². The molecule has 2 aromatic rings. The first-order valence-electron chi connectivity index (χ1n) is 8.75.